The van der Waals surface area contributed by atoms with Crippen LogP contribution in [0.5, 0.6) is 0 Å². The van der Waals surface area contributed by atoms with Gasteiger partial charge >= 0.3 is 0 Å². The van der Waals surface area contributed by atoms with Gasteiger partial charge in [0, 0.05) is 37.3 Å². The molecular formula is C18H17ClN4OS. The molecule has 0 atom stereocenters. The summed E-state index contributed by atoms with van der Waals surface area (Å²) in [5.41, 5.74) is 1.10. The smallest absolute Gasteiger partial charge is 0.255 e. The third-order valence-electron chi connectivity index (χ3n) is 4.17. The van der Waals surface area contributed by atoms with Crippen LogP contribution >= 0.6 is 23.4 Å². The van der Waals surface area contributed by atoms with Gasteiger partial charge < -0.3 is 9.80 Å². The average molecular weight is 373 g/mol. The van der Waals surface area contributed by atoms with Crippen molar-refractivity contribution in [1.29, 1.82) is 5.26 Å². The Morgan fingerprint density at radius 1 is 1.24 bits per heavy atom. The summed E-state index contributed by atoms with van der Waals surface area (Å²) >= 11 is 7.80. The van der Waals surface area contributed by atoms with Gasteiger partial charge in [-0.05, 0) is 36.6 Å². The molecular weight excluding hydrogens is 356 g/mol. The van der Waals surface area contributed by atoms with Crippen LogP contribution in [0.3, 0.4) is 0 Å². The zero-order valence-corrected chi connectivity index (χ0v) is 15.3. The zero-order valence-electron chi connectivity index (χ0n) is 13.8. The van der Waals surface area contributed by atoms with Crippen molar-refractivity contribution in [2.45, 2.75) is 4.90 Å². The van der Waals surface area contributed by atoms with E-state index in [1.54, 1.807) is 30.1 Å². The molecule has 1 aromatic carbocycles. The molecule has 128 valence electrons. The summed E-state index contributed by atoms with van der Waals surface area (Å²) in [5.74, 6) is 0.793. The first-order valence-electron chi connectivity index (χ1n) is 7.86. The summed E-state index contributed by atoms with van der Waals surface area (Å²) in [6, 6.07) is 11.2. The van der Waals surface area contributed by atoms with E-state index in [2.05, 4.69) is 16.0 Å². The van der Waals surface area contributed by atoms with Crippen LogP contribution in [0.4, 0.5) is 5.82 Å². The van der Waals surface area contributed by atoms with Gasteiger partial charge in [0.05, 0.1) is 16.1 Å². The molecule has 1 amide bonds. The van der Waals surface area contributed by atoms with E-state index >= 15 is 0 Å². The van der Waals surface area contributed by atoms with Crippen LogP contribution < -0.4 is 4.90 Å². The van der Waals surface area contributed by atoms with Gasteiger partial charge in [0.15, 0.2) is 0 Å². The molecule has 0 N–H and O–H groups in total. The Morgan fingerprint density at radius 3 is 2.60 bits per heavy atom. The van der Waals surface area contributed by atoms with E-state index in [1.807, 2.05) is 29.4 Å². The number of pyridine rings is 1. The molecule has 0 aliphatic carbocycles. The van der Waals surface area contributed by atoms with Crippen molar-refractivity contribution in [2.75, 3.05) is 37.3 Å². The Balaban J connectivity index is 1.67. The normalized spacial score (nSPS) is 14.3. The summed E-state index contributed by atoms with van der Waals surface area (Å²) < 4.78 is 0. The first-order valence-corrected chi connectivity index (χ1v) is 9.46. The topological polar surface area (TPSA) is 60.2 Å². The van der Waals surface area contributed by atoms with Crippen molar-refractivity contribution in [3.8, 4) is 6.07 Å². The summed E-state index contributed by atoms with van der Waals surface area (Å²) in [6.45, 7) is 2.62. The van der Waals surface area contributed by atoms with E-state index in [0.717, 1.165) is 10.7 Å². The van der Waals surface area contributed by atoms with Crippen molar-refractivity contribution >= 4 is 35.1 Å². The quantitative estimate of drug-likeness (QED) is 0.774. The number of anilines is 1. The van der Waals surface area contributed by atoms with Crippen molar-refractivity contribution < 1.29 is 4.79 Å². The van der Waals surface area contributed by atoms with E-state index in [9.17, 15) is 4.79 Å². The summed E-state index contributed by atoms with van der Waals surface area (Å²) in [7, 11) is 0. The maximum absolute atomic E-state index is 12.8. The van der Waals surface area contributed by atoms with Gasteiger partial charge in [0.1, 0.15) is 11.9 Å². The number of benzene rings is 1. The zero-order chi connectivity index (χ0) is 17.8. The minimum Gasteiger partial charge on any atom is -0.353 e. The maximum atomic E-state index is 12.8. The second-order valence-corrected chi connectivity index (χ2v) is 6.93. The predicted octanol–water partition coefficient (Wildman–Crippen LogP) is 3.29. The number of nitrogens with zero attached hydrogens (tertiary/aromatic N) is 4. The van der Waals surface area contributed by atoms with Crippen molar-refractivity contribution in [2.24, 2.45) is 0 Å². The lowest BCUT2D eigenvalue weighted by Gasteiger charge is -2.35. The highest BCUT2D eigenvalue weighted by molar-refractivity contribution is 7.98. The first kappa shape index (κ1) is 17.6. The van der Waals surface area contributed by atoms with E-state index < -0.39 is 0 Å². The fourth-order valence-corrected chi connectivity index (χ4v) is 3.38. The van der Waals surface area contributed by atoms with Crippen LogP contribution in [-0.4, -0.2) is 48.2 Å². The summed E-state index contributed by atoms with van der Waals surface area (Å²) in [5, 5.41) is 9.33. The van der Waals surface area contributed by atoms with Crippen molar-refractivity contribution in [3.63, 3.8) is 0 Å². The minimum atomic E-state index is -0.0339. The number of carbonyl (C=O) groups is 1. The predicted molar refractivity (Wildman–Crippen MR) is 100 cm³/mol. The molecule has 1 fully saturated rings. The molecule has 3 rings (SSSR count). The van der Waals surface area contributed by atoms with Gasteiger partial charge in [0.25, 0.3) is 5.91 Å². The van der Waals surface area contributed by atoms with Gasteiger partial charge in [-0.15, -0.1) is 11.8 Å². The number of thioether (sulfide) groups is 1. The summed E-state index contributed by atoms with van der Waals surface area (Å²) in [6.07, 6.45) is 3.54. The molecule has 0 spiro atoms. The van der Waals surface area contributed by atoms with E-state index in [4.69, 9.17) is 16.9 Å². The van der Waals surface area contributed by atoms with Crippen LogP contribution in [0.25, 0.3) is 0 Å². The highest BCUT2D eigenvalue weighted by atomic mass is 35.5. The molecule has 1 aliphatic rings. The Labute approximate surface area is 156 Å². The Bertz CT molecular complexity index is 811. The summed E-state index contributed by atoms with van der Waals surface area (Å²) in [4.78, 5) is 22.1. The lowest BCUT2D eigenvalue weighted by Crippen LogP contribution is -2.49. The Kier molecular flexibility index (Phi) is 5.47. The lowest BCUT2D eigenvalue weighted by atomic mass is 10.1. The number of hydrogen-bond acceptors (Lipinski definition) is 5. The van der Waals surface area contributed by atoms with Crippen molar-refractivity contribution in [3.05, 3.63) is 52.7 Å². The standard InChI is InChI=1S/C18H17ClN4OS/c1-25-14-3-4-16(19)15(10-14)18(24)23-8-6-22(7-9-23)17-5-2-13(11-20)12-21-17/h2-5,10,12H,6-9H2,1H3. The van der Waals surface area contributed by atoms with Crippen LogP contribution in [0, 0.1) is 11.3 Å². The number of halogens is 1. The number of aromatic nitrogens is 1. The molecule has 1 aromatic heterocycles. The fraction of sp³-hybridized carbons (Fsp3) is 0.278. The van der Waals surface area contributed by atoms with Crippen LogP contribution in [0.1, 0.15) is 15.9 Å². The molecule has 25 heavy (non-hydrogen) atoms. The molecule has 2 aromatic rings. The van der Waals surface area contributed by atoms with Gasteiger partial charge in [-0.3, -0.25) is 4.79 Å². The fourth-order valence-electron chi connectivity index (χ4n) is 2.74. The van der Waals surface area contributed by atoms with Gasteiger partial charge in [-0.1, -0.05) is 11.6 Å². The van der Waals surface area contributed by atoms with E-state index in [-0.39, 0.29) is 5.91 Å². The van der Waals surface area contributed by atoms with E-state index in [1.165, 1.54) is 0 Å². The van der Waals surface area contributed by atoms with Gasteiger partial charge in [0.2, 0.25) is 0 Å². The van der Waals surface area contributed by atoms with Crippen molar-refractivity contribution in [1.82, 2.24) is 9.88 Å². The largest absolute Gasteiger partial charge is 0.353 e. The molecule has 2 heterocycles. The second kappa shape index (κ2) is 7.77. The highest BCUT2D eigenvalue weighted by Gasteiger charge is 2.24. The molecule has 0 unspecified atom stereocenters. The number of rotatable bonds is 3. The lowest BCUT2D eigenvalue weighted by molar-refractivity contribution is 0.0746. The number of carbonyl (C=O) groups excluding carboxylic acids is 1. The Morgan fingerprint density at radius 2 is 2.00 bits per heavy atom. The first-order chi connectivity index (χ1) is 12.1. The average Bonchev–Trinajstić information content (AvgIpc) is 2.68. The molecule has 1 saturated heterocycles. The van der Waals surface area contributed by atoms with E-state index in [0.29, 0.717) is 42.3 Å². The number of hydrogen-bond donors (Lipinski definition) is 0. The maximum Gasteiger partial charge on any atom is 0.255 e. The SMILES string of the molecule is CSc1ccc(Cl)c(C(=O)N2CCN(c3ccc(C#N)cn3)CC2)c1. The minimum absolute atomic E-state index is 0.0339. The van der Waals surface area contributed by atoms with Crippen LogP contribution in [-0.2, 0) is 0 Å². The van der Waals surface area contributed by atoms with Crippen LogP contribution in [0.15, 0.2) is 41.4 Å². The number of nitriles is 1. The van der Waals surface area contributed by atoms with Crippen LogP contribution in [0.2, 0.25) is 5.02 Å². The molecule has 7 heteroatoms. The monoisotopic (exact) mass is 372 g/mol. The van der Waals surface area contributed by atoms with Gasteiger partial charge in [-0.25, -0.2) is 4.98 Å². The highest BCUT2D eigenvalue weighted by Crippen LogP contribution is 2.25. The molecule has 0 bridgehead atoms. The number of amides is 1. The Hall–Kier alpha value is -2.23. The third kappa shape index (κ3) is 3.89. The third-order valence-corrected chi connectivity index (χ3v) is 5.23. The van der Waals surface area contributed by atoms with Gasteiger partial charge in [-0.2, -0.15) is 5.26 Å². The molecule has 5 nitrogen and oxygen atoms in total. The number of piperazine rings is 1. The second-order valence-electron chi connectivity index (χ2n) is 5.64. The molecule has 0 saturated carbocycles. The molecule has 0 radical (unpaired) electrons. The molecule has 1 aliphatic heterocycles.